The van der Waals surface area contributed by atoms with Gasteiger partial charge in [0, 0.05) is 25.8 Å². The quantitative estimate of drug-likeness (QED) is 0.826. The Morgan fingerprint density at radius 3 is 2.70 bits per heavy atom. The van der Waals surface area contributed by atoms with Crippen LogP contribution in [0.25, 0.3) is 0 Å². The molecule has 0 spiro atoms. The van der Waals surface area contributed by atoms with Crippen molar-refractivity contribution in [2.24, 2.45) is 0 Å². The number of rotatable bonds is 6. The maximum atomic E-state index is 13.0. The van der Waals surface area contributed by atoms with Gasteiger partial charge in [-0.25, -0.2) is 8.42 Å². The van der Waals surface area contributed by atoms with E-state index in [1.807, 2.05) is 19.1 Å². The summed E-state index contributed by atoms with van der Waals surface area (Å²) in [4.78, 5) is 12.5. The number of anilines is 1. The minimum absolute atomic E-state index is 0.0355. The molecule has 1 saturated heterocycles. The molecule has 1 aliphatic rings. The van der Waals surface area contributed by atoms with Crippen molar-refractivity contribution in [3.63, 3.8) is 0 Å². The van der Waals surface area contributed by atoms with Crippen LogP contribution in [0.15, 0.2) is 53.4 Å². The van der Waals surface area contributed by atoms with Gasteiger partial charge in [0.05, 0.1) is 16.7 Å². The first kappa shape index (κ1) is 19.4. The van der Waals surface area contributed by atoms with Crippen LogP contribution in [-0.4, -0.2) is 40.6 Å². The van der Waals surface area contributed by atoms with Crippen LogP contribution in [0.3, 0.4) is 0 Å². The molecule has 0 bridgehead atoms. The van der Waals surface area contributed by atoms with E-state index in [4.69, 9.17) is 4.74 Å². The highest BCUT2D eigenvalue weighted by atomic mass is 32.2. The summed E-state index contributed by atoms with van der Waals surface area (Å²) in [5.41, 5.74) is 1.85. The minimum atomic E-state index is -3.77. The number of carbonyl (C=O) groups excluding carboxylic acids is 1. The zero-order chi connectivity index (χ0) is 19.4. The third-order valence-corrected chi connectivity index (χ3v) is 6.42. The number of hydrogen-bond donors (Lipinski definition) is 1. The van der Waals surface area contributed by atoms with E-state index >= 15 is 0 Å². The van der Waals surface area contributed by atoms with E-state index in [2.05, 4.69) is 5.32 Å². The summed E-state index contributed by atoms with van der Waals surface area (Å²) in [6, 6.07) is 13.4. The van der Waals surface area contributed by atoms with Crippen molar-refractivity contribution in [1.29, 1.82) is 0 Å². The first-order chi connectivity index (χ1) is 12.9. The molecule has 144 valence electrons. The Bertz CT molecular complexity index is 921. The predicted molar refractivity (Wildman–Crippen MR) is 105 cm³/mol. The maximum absolute atomic E-state index is 13.0. The van der Waals surface area contributed by atoms with Crippen LogP contribution in [-0.2, 0) is 14.8 Å². The highest BCUT2D eigenvalue weighted by Gasteiger charge is 2.23. The third-order valence-electron chi connectivity index (χ3n) is 4.63. The second kappa shape index (κ2) is 8.10. The number of hydrogen-bond acceptors (Lipinski definition) is 4. The number of ether oxygens (including phenoxy) is 1. The normalized spacial score (nSPS) is 16.9. The van der Waals surface area contributed by atoms with E-state index in [9.17, 15) is 13.2 Å². The summed E-state index contributed by atoms with van der Waals surface area (Å²) < 4.78 is 32.6. The zero-order valence-electron chi connectivity index (χ0n) is 15.5. The number of carbonyl (C=O) groups is 1. The van der Waals surface area contributed by atoms with Gasteiger partial charge in [-0.05, 0) is 55.7 Å². The van der Waals surface area contributed by atoms with Crippen LogP contribution >= 0.6 is 0 Å². The van der Waals surface area contributed by atoms with Crippen LogP contribution in [0.5, 0.6) is 0 Å². The summed E-state index contributed by atoms with van der Waals surface area (Å²) >= 11 is 0. The molecule has 1 atom stereocenters. The average Bonchev–Trinajstić information content (AvgIpc) is 3.19. The number of nitrogens with zero attached hydrogens (tertiary/aromatic N) is 1. The predicted octanol–water partition coefficient (Wildman–Crippen LogP) is 2.73. The second-order valence-electron chi connectivity index (χ2n) is 6.68. The van der Waals surface area contributed by atoms with Gasteiger partial charge in [0.1, 0.15) is 0 Å². The lowest BCUT2D eigenvalue weighted by Crippen LogP contribution is -2.32. The lowest BCUT2D eigenvalue weighted by molar-refractivity contribution is 0.0857. The fourth-order valence-electron chi connectivity index (χ4n) is 3.03. The molecular formula is C20H24N2O4S. The van der Waals surface area contributed by atoms with Crippen molar-refractivity contribution in [3.05, 3.63) is 59.7 Å². The van der Waals surface area contributed by atoms with Gasteiger partial charge in [0.2, 0.25) is 0 Å². The third kappa shape index (κ3) is 4.48. The molecule has 7 heteroatoms. The van der Waals surface area contributed by atoms with Crippen LogP contribution in [0.4, 0.5) is 5.69 Å². The first-order valence-corrected chi connectivity index (χ1v) is 10.4. The van der Waals surface area contributed by atoms with Gasteiger partial charge in [-0.3, -0.25) is 9.10 Å². The summed E-state index contributed by atoms with van der Waals surface area (Å²) in [5.74, 6) is -0.305. The molecule has 1 amide bonds. The van der Waals surface area contributed by atoms with Crippen molar-refractivity contribution < 1.29 is 17.9 Å². The SMILES string of the molecule is Cc1cccc(N(C)S(=O)(=O)c2cccc(C(=O)NC[C@H]3CCCO3)c2)c1. The van der Waals surface area contributed by atoms with Crippen molar-refractivity contribution in [2.75, 3.05) is 24.5 Å². The van der Waals surface area contributed by atoms with Gasteiger partial charge < -0.3 is 10.1 Å². The van der Waals surface area contributed by atoms with E-state index in [0.29, 0.717) is 17.8 Å². The molecule has 0 aromatic heterocycles. The Labute approximate surface area is 160 Å². The Morgan fingerprint density at radius 2 is 2.00 bits per heavy atom. The molecule has 1 aliphatic heterocycles. The molecule has 27 heavy (non-hydrogen) atoms. The Hall–Kier alpha value is -2.38. The lowest BCUT2D eigenvalue weighted by atomic mass is 10.2. The molecule has 0 saturated carbocycles. The van der Waals surface area contributed by atoms with Gasteiger partial charge in [0.25, 0.3) is 15.9 Å². The first-order valence-electron chi connectivity index (χ1n) is 8.93. The maximum Gasteiger partial charge on any atom is 0.264 e. The van der Waals surface area contributed by atoms with Crippen molar-refractivity contribution in [2.45, 2.75) is 30.8 Å². The summed E-state index contributed by atoms with van der Waals surface area (Å²) in [7, 11) is -2.26. The van der Waals surface area contributed by atoms with Crippen LogP contribution in [0.1, 0.15) is 28.8 Å². The highest BCUT2D eigenvalue weighted by Crippen LogP contribution is 2.23. The second-order valence-corrected chi connectivity index (χ2v) is 8.65. The van der Waals surface area contributed by atoms with Gasteiger partial charge in [-0.15, -0.1) is 0 Å². The molecule has 0 unspecified atom stereocenters. The van der Waals surface area contributed by atoms with E-state index in [1.54, 1.807) is 24.3 Å². The lowest BCUT2D eigenvalue weighted by Gasteiger charge is -2.20. The largest absolute Gasteiger partial charge is 0.376 e. The monoisotopic (exact) mass is 388 g/mol. The number of nitrogens with one attached hydrogen (secondary N) is 1. The standard InChI is InChI=1S/C20H24N2O4S/c1-15-6-3-8-17(12-15)22(2)27(24,25)19-10-4-7-16(13-19)20(23)21-14-18-9-5-11-26-18/h3-4,6-8,10,12-13,18H,5,9,11,14H2,1-2H3,(H,21,23)/t18-/m1/s1. The molecule has 3 rings (SSSR count). The Morgan fingerprint density at radius 1 is 1.22 bits per heavy atom. The molecule has 0 aliphatic carbocycles. The van der Waals surface area contributed by atoms with E-state index < -0.39 is 10.0 Å². The Kier molecular flexibility index (Phi) is 5.82. The topological polar surface area (TPSA) is 75.7 Å². The van der Waals surface area contributed by atoms with Gasteiger partial charge in [-0.2, -0.15) is 0 Å². The van der Waals surface area contributed by atoms with Crippen LogP contribution < -0.4 is 9.62 Å². The molecule has 6 nitrogen and oxygen atoms in total. The van der Waals surface area contributed by atoms with Crippen LogP contribution in [0.2, 0.25) is 0 Å². The molecule has 1 heterocycles. The van der Waals surface area contributed by atoms with Crippen molar-refractivity contribution in [1.82, 2.24) is 5.32 Å². The average molecular weight is 388 g/mol. The summed E-state index contributed by atoms with van der Waals surface area (Å²) in [5, 5.41) is 2.82. The molecule has 1 fully saturated rings. The molecule has 1 N–H and O–H groups in total. The number of aryl methyl sites for hydroxylation is 1. The number of amides is 1. The van der Waals surface area contributed by atoms with Crippen molar-refractivity contribution in [3.8, 4) is 0 Å². The molecule has 0 radical (unpaired) electrons. The smallest absolute Gasteiger partial charge is 0.264 e. The minimum Gasteiger partial charge on any atom is -0.376 e. The molecular weight excluding hydrogens is 364 g/mol. The van der Waals surface area contributed by atoms with Gasteiger partial charge in [-0.1, -0.05) is 18.2 Å². The fraction of sp³-hybridized carbons (Fsp3) is 0.350. The molecule has 2 aromatic rings. The van der Waals surface area contributed by atoms with Crippen LogP contribution in [0, 0.1) is 6.92 Å². The number of sulfonamides is 1. The van der Waals surface area contributed by atoms with E-state index in [-0.39, 0.29) is 16.9 Å². The fourth-order valence-corrected chi connectivity index (χ4v) is 4.27. The van der Waals surface area contributed by atoms with Gasteiger partial charge >= 0.3 is 0 Å². The summed E-state index contributed by atoms with van der Waals surface area (Å²) in [6.07, 6.45) is 1.96. The van der Waals surface area contributed by atoms with Gasteiger partial charge in [0.15, 0.2) is 0 Å². The van der Waals surface area contributed by atoms with E-state index in [0.717, 1.165) is 25.0 Å². The molecule has 2 aromatic carbocycles. The number of benzene rings is 2. The Balaban J connectivity index is 1.77. The van der Waals surface area contributed by atoms with Crippen molar-refractivity contribution >= 4 is 21.6 Å². The summed E-state index contributed by atoms with van der Waals surface area (Å²) in [6.45, 7) is 3.06. The zero-order valence-corrected chi connectivity index (χ0v) is 16.3. The van der Waals surface area contributed by atoms with E-state index in [1.165, 1.54) is 23.5 Å². The highest BCUT2D eigenvalue weighted by molar-refractivity contribution is 7.92.